The number of esters is 1. The van der Waals surface area contributed by atoms with Gasteiger partial charge in [0.2, 0.25) is 11.8 Å². The lowest BCUT2D eigenvalue weighted by Gasteiger charge is -2.22. The monoisotopic (exact) mass is 462 g/mol. The lowest BCUT2D eigenvalue weighted by molar-refractivity contribution is -0.123. The molecule has 1 aliphatic carbocycles. The number of hydrogen-bond donors (Lipinski definition) is 1. The Labute approximate surface area is 197 Å². The highest BCUT2D eigenvalue weighted by atomic mass is 16.5. The summed E-state index contributed by atoms with van der Waals surface area (Å²) in [7, 11) is 0. The first-order valence-corrected chi connectivity index (χ1v) is 11.2. The second-order valence-corrected chi connectivity index (χ2v) is 8.27. The van der Waals surface area contributed by atoms with Gasteiger partial charge in [0.15, 0.2) is 6.61 Å². The Balaban J connectivity index is 1.36. The molecule has 4 rings (SSSR count). The van der Waals surface area contributed by atoms with Gasteiger partial charge in [0, 0.05) is 0 Å². The van der Waals surface area contributed by atoms with Gasteiger partial charge in [0.05, 0.1) is 35.4 Å². The Morgan fingerprint density at radius 2 is 1.79 bits per heavy atom. The van der Waals surface area contributed by atoms with Crippen LogP contribution in [-0.2, 0) is 19.1 Å². The van der Waals surface area contributed by atoms with E-state index < -0.39 is 18.5 Å². The molecule has 8 nitrogen and oxygen atoms in total. The molecule has 0 spiro atoms. The molecule has 2 aromatic rings. The fraction of sp³-hybridized carbons (Fsp3) is 0.308. The third-order valence-corrected chi connectivity index (χ3v) is 6.03. The smallest absolute Gasteiger partial charge is 0.338 e. The van der Waals surface area contributed by atoms with Crippen LogP contribution in [0.5, 0.6) is 5.75 Å². The van der Waals surface area contributed by atoms with Gasteiger partial charge in [-0.2, -0.15) is 0 Å². The van der Waals surface area contributed by atoms with Crippen LogP contribution in [-0.4, -0.2) is 36.9 Å². The van der Waals surface area contributed by atoms with Crippen molar-refractivity contribution in [3.05, 3.63) is 66.2 Å². The van der Waals surface area contributed by atoms with Gasteiger partial charge in [-0.05, 0) is 55.7 Å². The fourth-order valence-corrected chi connectivity index (χ4v) is 4.40. The van der Waals surface area contributed by atoms with E-state index in [0.717, 1.165) is 0 Å². The number of imide groups is 1. The van der Waals surface area contributed by atoms with E-state index in [0.29, 0.717) is 30.2 Å². The molecule has 1 aliphatic heterocycles. The summed E-state index contributed by atoms with van der Waals surface area (Å²) in [6.07, 6.45) is 4.48. The molecule has 34 heavy (non-hydrogen) atoms. The Morgan fingerprint density at radius 1 is 1.06 bits per heavy atom. The van der Waals surface area contributed by atoms with Crippen molar-refractivity contribution in [2.24, 2.45) is 17.8 Å². The number of fused-ring (bicyclic) bond motifs is 1. The zero-order valence-electron chi connectivity index (χ0n) is 19.0. The fourth-order valence-electron chi connectivity index (χ4n) is 4.40. The van der Waals surface area contributed by atoms with Crippen LogP contribution < -0.4 is 15.0 Å². The van der Waals surface area contributed by atoms with Gasteiger partial charge in [-0.1, -0.05) is 31.2 Å². The van der Waals surface area contributed by atoms with E-state index in [1.54, 1.807) is 36.4 Å². The quantitative estimate of drug-likeness (QED) is 0.383. The van der Waals surface area contributed by atoms with Crippen LogP contribution in [0.25, 0.3) is 0 Å². The molecule has 0 unspecified atom stereocenters. The molecular weight excluding hydrogens is 436 g/mol. The minimum Gasteiger partial charge on any atom is -0.492 e. The van der Waals surface area contributed by atoms with E-state index >= 15 is 0 Å². The first-order chi connectivity index (χ1) is 16.4. The molecule has 1 N–H and O–H groups in total. The van der Waals surface area contributed by atoms with Crippen molar-refractivity contribution in [1.82, 2.24) is 0 Å². The number of allylic oxidation sites excluding steroid dienone is 2. The van der Waals surface area contributed by atoms with Gasteiger partial charge in [-0.15, -0.1) is 0 Å². The van der Waals surface area contributed by atoms with Crippen LogP contribution in [0.3, 0.4) is 0 Å². The number of carbonyl (C=O) groups excluding carboxylic acids is 4. The maximum atomic E-state index is 12.9. The number of anilines is 2. The minimum absolute atomic E-state index is 0.00102. The van der Waals surface area contributed by atoms with E-state index in [1.807, 2.05) is 26.0 Å². The van der Waals surface area contributed by atoms with Crippen molar-refractivity contribution in [2.45, 2.75) is 20.3 Å². The molecule has 0 aromatic heterocycles. The molecule has 3 atom stereocenters. The number of rotatable bonds is 7. The second-order valence-electron chi connectivity index (χ2n) is 8.27. The molecule has 176 valence electrons. The summed E-state index contributed by atoms with van der Waals surface area (Å²) < 4.78 is 10.6. The summed E-state index contributed by atoms with van der Waals surface area (Å²) in [6.45, 7) is 3.75. The normalized spacial score (nSPS) is 21.2. The van der Waals surface area contributed by atoms with E-state index in [4.69, 9.17) is 9.47 Å². The standard InChI is InChI=1S/C26H26N2O6/c1-3-33-21-10-5-4-9-20(21)27-22(29)15-34-26(32)17-11-13-18(14-12-17)28-24(30)19-8-6-7-16(2)23(19)25(28)31/h4-7,9-14,16,19,23H,3,8,15H2,1-2H3,(H,27,29)/t16-,19-,23-/m1/s1. The zero-order valence-corrected chi connectivity index (χ0v) is 19.0. The molecule has 1 saturated heterocycles. The summed E-state index contributed by atoms with van der Waals surface area (Å²) >= 11 is 0. The molecular formula is C26H26N2O6. The number of ether oxygens (including phenoxy) is 2. The maximum Gasteiger partial charge on any atom is 0.338 e. The van der Waals surface area contributed by atoms with Crippen LogP contribution in [0.15, 0.2) is 60.7 Å². The highest BCUT2D eigenvalue weighted by Gasteiger charge is 2.50. The van der Waals surface area contributed by atoms with Gasteiger partial charge < -0.3 is 14.8 Å². The van der Waals surface area contributed by atoms with E-state index in [-0.39, 0.29) is 35.1 Å². The molecule has 2 aromatic carbocycles. The van der Waals surface area contributed by atoms with Crippen molar-refractivity contribution >= 4 is 35.1 Å². The van der Waals surface area contributed by atoms with Crippen molar-refractivity contribution in [1.29, 1.82) is 0 Å². The number of nitrogens with zero attached hydrogens (tertiary/aromatic N) is 1. The summed E-state index contributed by atoms with van der Waals surface area (Å²) in [6, 6.07) is 13.0. The molecule has 1 fully saturated rings. The molecule has 0 radical (unpaired) electrons. The van der Waals surface area contributed by atoms with Crippen molar-refractivity contribution in [3.8, 4) is 5.75 Å². The molecule has 2 aliphatic rings. The third kappa shape index (κ3) is 4.57. The Bertz CT molecular complexity index is 1140. The van der Waals surface area contributed by atoms with Gasteiger partial charge >= 0.3 is 5.97 Å². The summed E-state index contributed by atoms with van der Waals surface area (Å²) in [4.78, 5) is 51.6. The number of para-hydroxylation sites is 2. The third-order valence-electron chi connectivity index (χ3n) is 6.03. The van der Waals surface area contributed by atoms with E-state index in [2.05, 4.69) is 5.32 Å². The topological polar surface area (TPSA) is 102 Å². The van der Waals surface area contributed by atoms with Crippen LogP contribution in [0.2, 0.25) is 0 Å². The van der Waals surface area contributed by atoms with E-state index in [9.17, 15) is 19.2 Å². The number of hydrogen-bond acceptors (Lipinski definition) is 6. The van der Waals surface area contributed by atoms with Crippen LogP contribution in [0.4, 0.5) is 11.4 Å². The summed E-state index contributed by atoms with van der Waals surface area (Å²) in [5.41, 5.74) is 1.11. The minimum atomic E-state index is -0.689. The number of carbonyl (C=O) groups is 4. The van der Waals surface area contributed by atoms with Gasteiger partial charge in [0.1, 0.15) is 5.75 Å². The molecule has 0 saturated carbocycles. The lowest BCUT2D eigenvalue weighted by atomic mass is 9.78. The second kappa shape index (κ2) is 9.91. The predicted octanol–water partition coefficient (Wildman–Crippen LogP) is 3.58. The van der Waals surface area contributed by atoms with Gasteiger partial charge in [0.25, 0.3) is 5.91 Å². The number of benzene rings is 2. The average molecular weight is 463 g/mol. The van der Waals surface area contributed by atoms with Crippen LogP contribution in [0.1, 0.15) is 30.6 Å². The highest BCUT2D eigenvalue weighted by molar-refractivity contribution is 6.22. The number of nitrogens with one attached hydrogen (secondary N) is 1. The zero-order chi connectivity index (χ0) is 24.2. The number of amides is 3. The highest BCUT2D eigenvalue weighted by Crippen LogP contribution is 2.40. The Kier molecular flexibility index (Phi) is 6.77. The maximum absolute atomic E-state index is 12.9. The molecule has 0 bridgehead atoms. The molecule has 8 heteroatoms. The van der Waals surface area contributed by atoms with Crippen molar-refractivity contribution in [3.63, 3.8) is 0 Å². The first kappa shape index (κ1) is 23.2. The molecule has 3 amide bonds. The first-order valence-electron chi connectivity index (χ1n) is 11.2. The SMILES string of the molecule is CCOc1ccccc1NC(=O)COC(=O)c1ccc(N2C(=O)[C@@H]3[C@H](C)C=CC[C@H]3C2=O)cc1. The van der Waals surface area contributed by atoms with Gasteiger partial charge in [-0.3, -0.25) is 19.3 Å². The largest absolute Gasteiger partial charge is 0.492 e. The predicted molar refractivity (Wildman–Crippen MR) is 125 cm³/mol. The summed E-state index contributed by atoms with van der Waals surface area (Å²) in [5, 5.41) is 2.66. The lowest BCUT2D eigenvalue weighted by Crippen LogP contribution is -2.31. The molecule has 1 heterocycles. The van der Waals surface area contributed by atoms with Crippen molar-refractivity contribution in [2.75, 3.05) is 23.4 Å². The van der Waals surface area contributed by atoms with E-state index in [1.165, 1.54) is 17.0 Å². The summed E-state index contributed by atoms with van der Waals surface area (Å²) in [5.74, 6) is -1.80. The van der Waals surface area contributed by atoms with Crippen LogP contribution in [0, 0.1) is 17.8 Å². The van der Waals surface area contributed by atoms with Gasteiger partial charge in [-0.25, -0.2) is 4.79 Å². The average Bonchev–Trinajstić information content (AvgIpc) is 3.10. The van der Waals surface area contributed by atoms with Crippen LogP contribution >= 0.6 is 0 Å². The Hall–Kier alpha value is -3.94. The Morgan fingerprint density at radius 3 is 2.50 bits per heavy atom. The van der Waals surface area contributed by atoms with Crippen molar-refractivity contribution < 1.29 is 28.7 Å².